The van der Waals surface area contributed by atoms with E-state index in [1.807, 2.05) is 13.8 Å². The summed E-state index contributed by atoms with van der Waals surface area (Å²) in [7, 11) is -0.775. The summed E-state index contributed by atoms with van der Waals surface area (Å²) in [4.78, 5) is 15.6. The van der Waals surface area contributed by atoms with E-state index >= 15 is 0 Å². The summed E-state index contributed by atoms with van der Waals surface area (Å²) in [5.41, 5.74) is 1.21. The summed E-state index contributed by atoms with van der Waals surface area (Å²) in [5.74, 6) is 1.09. The molecule has 0 spiro atoms. The van der Waals surface area contributed by atoms with Crippen molar-refractivity contribution in [3.8, 4) is 0 Å². The van der Waals surface area contributed by atoms with Crippen LogP contribution in [0.5, 0.6) is 0 Å². The highest BCUT2D eigenvalue weighted by molar-refractivity contribution is 7.84. The SMILES string of the molecule is CCNC(=O)c1cc(NCCS(=O)CC)ccn1. The van der Waals surface area contributed by atoms with E-state index in [9.17, 15) is 9.00 Å². The number of amides is 1. The Hall–Kier alpha value is -1.43. The van der Waals surface area contributed by atoms with Crippen molar-refractivity contribution in [3.05, 3.63) is 24.0 Å². The molecule has 18 heavy (non-hydrogen) atoms. The first kappa shape index (κ1) is 14.6. The molecule has 0 saturated carbocycles. The molecule has 1 aromatic heterocycles. The van der Waals surface area contributed by atoms with Crippen molar-refractivity contribution in [1.29, 1.82) is 0 Å². The van der Waals surface area contributed by atoms with Crippen molar-refractivity contribution in [3.63, 3.8) is 0 Å². The van der Waals surface area contributed by atoms with Gasteiger partial charge in [-0.1, -0.05) is 6.92 Å². The van der Waals surface area contributed by atoms with E-state index in [2.05, 4.69) is 15.6 Å². The predicted octanol–water partition coefficient (Wildman–Crippen LogP) is 1.01. The molecule has 0 aliphatic rings. The van der Waals surface area contributed by atoms with Crippen molar-refractivity contribution in [2.24, 2.45) is 0 Å². The maximum atomic E-state index is 11.6. The van der Waals surface area contributed by atoms with Crippen LogP contribution >= 0.6 is 0 Å². The smallest absolute Gasteiger partial charge is 0.269 e. The lowest BCUT2D eigenvalue weighted by atomic mass is 10.3. The minimum atomic E-state index is -0.775. The third-order valence-corrected chi connectivity index (χ3v) is 3.61. The van der Waals surface area contributed by atoms with E-state index in [4.69, 9.17) is 0 Å². The second kappa shape index (κ2) is 7.81. The van der Waals surface area contributed by atoms with Gasteiger partial charge in [-0.15, -0.1) is 0 Å². The van der Waals surface area contributed by atoms with Crippen LogP contribution in [-0.4, -0.2) is 39.7 Å². The Bertz CT molecular complexity index is 424. The molecule has 1 atom stereocenters. The zero-order valence-corrected chi connectivity index (χ0v) is 11.5. The van der Waals surface area contributed by atoms with Gasteiger partial charge in [-0.3, -0.25) is 14.0 Å². The Kier molecular flexibility index (Phi) is 6.35. The third kappa shape index (κ3) is 4.83. The molecule has 100 valence electrons. The number of hydrogen-bond acceptors (Lipinski definition) is 4. The van der Waals surface area contributed by atoms with Crippen LogP contribution in [0, 0.1) is 0 Å². The van der Waals surface area contributed by atoms with Gasteiger partial charge in [0.15, 0.2) is 0 Å². The lowest BCUT2D eigenvalue weighted by Gasteiger charge is -2.07. The molecule has 1 unspecified atom stereocenters. The van der Waals surface area contributed by atoms with Crippen LogP contribution in [0.25, 0.3) is 0 Å². The average molecular weight is 269 g/mol. The molecule has 5 nitrogen and oxygen atoms in total. The normalized spacial score (nSPS) is 11.9. The van der Waals surface area contributed by atoms with E-state index in [0.717, 1.165) is 5.69 Å². The fourth-order valence-electron chi connectivity index (χ4n) is 1.37. The molecule has 0 radical (unpaired) electrons. The van der Waals surface area contributed by atoms with Gasteiger partial charge in [0.25, 0.3) is 5.91 Å². The molecule has 0 saturated heterocycles. The molecule has 2 N–H and O–H groups in total. The zero-order valence-electron chi connectivity index (χ0n) is 10.7. The van der Waals surface area contributed by atoms with Crippen LogP contribution in [0.4, 0.5) is 5.69 Å². The van der Waals surface area contributed by atoms with Gasteiger partial charge >= 0.3 is 0 Å². The van der Waals surface area contributed by atoms with E-state index in [1.165, 1.54) is 0 Å². The van der Waals surface area contributed by atoms with Crippen LogP contribution < -0.4 is 10.6 Å². The summed E-state index contributed by atoms with van der Waals surface area (Å²) >= 11 is 0. The van der Waals surface area contributed by atoms with Gasteiger partial charge in [-0.2, -0.15) is 0 Å². The molecule has 0 aliphatic heterocycles. The molecule has 0 aromatic carbocycles. The number of rotatable bonds is 7. The highest BCUT2D eigenvalue weighted by Crippen LogP contribution is 2.07. The quantitative estimate of drug-likeness (QED) is 0.775. The Balaban J connectivity index is 2.54. The number of pyridine rings is 1. The molecule has 0 aliphatic carbocycles. The zero-order chi connectivity index (χ0) is 13.4. The summed E-state index contributed by atoms with van der Waals surface area (Å²) in [6.45, 7) is 4.96. The molecule has 1 rings (SSSR count). The number of carbonyl (C=O) groups excluding carboxylic acids is 1. The fourth-order valence-corrected chi connectivity index (χ4v) is 1.99. The van der Waals surface area contributed by atoms with Crippen molar-refractivity contribution in [1.82, 2.24) is 10.3 Å². The van der Waals surface area contributed by atoms with Crippen LogP contribution in [-0.2, 0) is 10.8 Å². The van der Waals surface area contributed by atoms with Crippen molar-refractivity contribution < 1.29 is 9.00 Å². The maximum absolute atomic E-state index is 11.6. The van der Waals surface area contributed by atoms with Gasteiger partial charge < -0.3 is 10.6 Å². The minimum absolute atomic E-state index is 0.182. The van der Waals surface area contributed by atoms with Gasteiger partial charge in [0, 0.05) is 47.3 Å². The molecule has 6 heteroatoms. The minimum Gasteiger partial charge on any atom is -0.384 e. The highest BCUT2D eigenvalue weighted by atomic mass is 32.2. The fraction of sp³-hybridized carbons (Fsp3) is 0.500. The molecule has 1 amide bonds. The van der Waals surface area contributed by atoms with Crippen LogP contribution in [0.2, 0.25) is 0 Å². The Morgan fingerprint density at radius 2 is 2.22 bits per heavy atom. The number of nitrogens with one attached hydrogen (secondary N) is 2. The van der Waals surface area contributed by atoms with Gasteiger partial charge in [0.1, 0.15) is 5.69 Å². The molecule has 0 bridgehead atoms. The van der Waals surface area contributed by atoms with Crippen LogP contribution in [0.15, 0.2) is 18.3 Å². The van der Waals surface area contributed by atoms with Gasteiger partial charge in [0.2, 0.25) is 0 Å². The molecule has 1 aromatic rings. The molecular formula is C12H19N3O2S. The molecular weight excluding hydrogens is 250 g/mol. The summed E-state index contributed by atoms with van der Waals surface area (Å²) in [6, 6.07) is 3.48. The first-order valence-electron chi connectivity index (χ1n) is 6.00. The largest absolute Gasteiger partial charge is 0.384 e. The molecule has 1 heterocycles. The first-order valence-corrected chi connectivity index (χ1v) is 7.49. The number of anilines is 1. The van der Waals surface area contributed by atoms with Crippen LogP contribution in [0.1, 0.15) is 24.3 Å². The second-order valence-electron chi connectivity index (χ2n) is 3.65. The second-order valence-corrected chi connectivity index (χ2v) is 5.51. The Morgan fingerprint density at radius 1 is 1.44 bits per heavy atom. The summed E-state index contributed by atoms with van der Waals surface area (Å²) < 4.78 is 11.3. The summed E-state index contributed by atoms with van der Waals surface area (Å²) in [5, 5.41) is 5.83. The van der Waals surface area contributed by atoms with Gasteiger partial charge in [-0.05, 0) is 19.1 Å². The van der Waals surface area contributed by atoms with Gasteiger partial charge in [0.05, 0.1) is 0 Å². The maximum Gasteiger partial charge on any atom is 0.269 e. The van der Waals surface area contributed by atoms with Crippen molar-refractivity contribution >= 4 is 22.4 Å². The standard InChI is InChI=1S/C12H19N3O2S/c1-3-13-12(16)11-9-10(5-6-15-11)14-7-8-18(17)4-2/h5-6,9H,3-4,7-8H2,1-2H3,(H,13,16)(H,14,15). The molecule has 0 fully saturated rings. The van der Waals surface area contributed by atoms with E-state index in [0.29, 0.717) is 30.3 Å². The number of aromatic nitrogens is 1. The summed E-state index contributed by atoms with van der Waals surface area (Å²) in [6.07, 6.45) is 1.59. The average Bonchev–Trinajstić information content (AvgIpc) is 2.39. The number of hydrogen-bond donors (Lipinski definition) is 2. The third-order valence-electron chi connectivity index (χ3n) is 2.31. The lowest BCUT2D eigenvalue weighted by molar-refractivity contribution is 0.0951. The Morgan fingerprint density at radius 3 is 2.89 bits per heavy atom. The van der Waals surface area contributed by atoms with Crippen molar-refractivity contribution in [2.75, 3.05) is 29.9 Å². The first-order chi connectivity index (χ1) is 8.67. The Labute approximate surface area is 110 Å². The van der Waals surface area contributed by atoms with E-state index < -0.39 is 10.8 Å². The number of carbonyl (C=O) groups is 1. The monoisotopic (exact) mass is 269 g/mol. The van der Waals surface area contributed by atoms with E-state index in [1.54, 1.807) is 18.3 Å². The predicted molar refractivity (Wildman–Crippen MR) is 74.3 cm³/mol. The van der Waals surface area contributed by atoms with Gasteiger partial charge in [-0.25, -0.2) is 0 Å². The highest BCUT2D eigenvalue weighted by Gasteiger charge is 2.06. The van der Waals surface area contributed by atoms with Crippen molar-refractivity contribution in [2.45, 2.75) is 13.8 Å². The number of nitrogens with zero attached hydrogens (tertiary/aromatic N) is 1. The van der Waals surface area contributed by atoms with Crippen LogP contribution in [0.3, 0.4) is 0 Å². The topological polar surface area (TPSA) is 71.1 Å². The van der Waals surface area contributed by atoms with E-state index in [-0.39, 0.29) is 5.91 Å². The lowest BCUT2D eigenvalue weighted by Crippen LogP contribution is -2.23.